The minimum absolute atomic E-state index is 0.0599. The maximum Gasteiger partial charge on any atom is 0.472 e. The molecule has 0 aromatic rings. The first kappa shape index (κ1) is 50.9. The maximum atomic E-state index is 12.8. The van der Waals surface area contributed by atoms with E-state index in [1.807, 2.05) is 0 Å². The van der Waals surface area contributed by atoms with Crippen molar-refractivity contribution in [2.75, 3.05) is 19.8 Å². The van der Waals surface area contributed by atoms with Crippen molar-refractivity contribution in [3.8, 4) is 0 Å². The van der Waals surface area contributed by atoms with Crippen LogP contribution in [0.3, 0.4) is 0 Å². The lowest BCUT2D eigenvalue weighted by Crippen LogP contribution is -2.47. The fourth-order valence-electron chi connectivity index (χ4n) is 6.39. The lowest BCUT2D eigenvalue weighted by Gasteiger charge is -2.25. The molecular formula is C42H83N2O7P. The van der Waals surface area contributed by atoms with Crippen LogP contribution in [-0.4, -0.2) is 59.0 Å². The van der Waals surface area contributed by atoms with Crippen LogP contribution in [0.2, 0.25) is 0 Å². The molecular weight excluding hydrogens is 675 g/mol. The summed E-state index contributed by atoms with van der Waals surface area (Å²) < 4.78 is 22.1. The van der Waals surface area contributed by atoms with E-state index < -0.39 is 32.0 Å². The molecule has 0 rings (SSSR count). The quantitative estimate of drug-likeness (QED) is 0.0235. The summed E-state index contributed by atoms with van der Waals surface area (Å²) in [6.07, 6.45) is 39.4. The van der Waals surface area contributed by atoms with Gasteiger partial charge in [-0.3, -0.25) is 13.8 Å². The Labute approximate surface area is 320 Å². The summed E-state index contributed by atoms with van der Waals surface area (Å²) in [5, 5.41) is 24.1. The number of aliphatic hydroxyl groups excluding tert-OH is 2. The van der Waals surface area contributed by atoms with Gasteiger partial charge in [-0.2, -0.15) is 0 Å². The number of phosphoric acid groups is 1. The van der Waals surface area contributed by atoms with Crippen LogP contribution in [0, 0.1) is 0 Å². The highest BCUT2D eigenvalue weighted by Gasteiger charge is 2.28. The largest absolute Gasteiger partial charge is 0.472 e. The van der Waals surface area contributed by atoms with Crippen molar-refractivity contribution in [1.29, 1.82) is 0 Å². The predicted molar refractivity (Wildman–Crippen MR) is 218 cm³/mol. The predicted octanol–water partition coefficient (Wildman–Crippen LogP) is 10.8. The van der Waals surface area contributed by atoms with Crippen LogP contribution in [-0.2, 0) is 18.4 Å². The van der Waals surface area contributed by atoms with Crippen molar-refractivity contribution in [2.45, 2.75) is 218 Å². The Kier molecular flexibility index (Phi) is 37.4. The molecule has 0 aliphatic carbocycles. The summed E-state index contributed by atoms with van der Waals surface area (Å²) in [4.78, 5) is 22.7. The van der Waals surface area contributed by atoms with Crippen molar-refractivity contribution in [1.82, 2.24) is 5.32 Å². The monoisotopic (exact) mass is 759 g/mol. The maximum absolute atomic E-state index is 12.8. The third-order valence-corrected chi connectivity index (χ3v) is 10.6. The molecule has 1 amide bonds. The number of nitrogens with two attached hydrogens (primary N) is 1. The second-order valence-electron chi connectivity index (χ2n) is 14.7. The number of amides is 1. The van der Waals surface area contributed by atoms with E-state index in [1.54, 1.807) is 0 Å². The van der Waals surface area contributed by atoms with Gasteiger partial charge in [0.1, 0.15) is 0 Å². The third-order valence-electron chi connectivity index (χ3n) is 9.62. The van der Waals surface area contributed by atoms with Gasteiger partial charge < -0.3 is 26.2 Å². The molecule has 0 saturated carbocycles. The van der Waals surface area contributed by atoms with E-state index in [0.717, 1.165) is 51.4 Å². The molecule has 0 bridgehead atoms. The van der Waals surface area contributed by atoms with E-state index in [-0.39, 0.29) is 26.2 Å². The van der Waals surface area contributed by atoms with Crippen molar-refractivity contribution in [3.05, 3.63) is 24.3 Å². The van der Waals surface area contributed by atoms with Gasteiger partial charge >= 0.3 is 7.82 Å². The van der Waals surface area contributed by atoms with Gasteiger partial charge in [0.2, 0.25) is 5.91 Å². The average Bonchev–Trinajstić information content (AvgIpc) is 3.12. The van der Waals surface area contributed by atoms with Crippen molar-refractivity contribution >= 4 is 13.7 Å². The number of hydrogen-bond acceptors (Lipinski definition) is 7. The summed E-state index contributed by atoms with van der Waals surface area (Å²) >= 11 is 0. The van der Waals surface area contributed by atoms with Gasteiger partial charge in [-0.1, -0.05) is 179 Å². The fourth-order valence-corrected chi connectivity index (χ4v) is 7.15. The molecule has 0 radical (unpaired) electrons. The second-order valence-corrected chi connectivity index (χ2v) is 16.2. The van der Waals surface area contributed by atoms with E-state index >= 15 is 0 Å². The van der Waals surface area contributed by atoms with Gasteiger partial charge in [-0.05, 0) is 38.5 Å². The van der Waals surface area contributed by atoms with E-state index in [0.29, 0.717) is 12.8 Å². The summed E-state index contributed by atoms with van der Waals surface area (Å²) in [5.41, 5.74) is 5.36. The van der Waals surface area contributed by atoms with Gasteiger partial charge in [-0.15, -0.1) is 0 Å². The molecule has 10 heteroatoms. The lowest BCUT2D eigenvalue weighted by molar-refractivity contribution is -0.125. The molecule has 0 aliphatic heterocycles. The van der Waals surface area contributed by atoms with Crippen LogP contribution in [0.1, 0.15) is 200 Å². The molecule has 9 nitrogen and oxygen atoms in total. The Bertz CT molecular complexity index is 888. The van der Waals surface area contributed by atoms with Crippen LogP contribution in [0.15, 0.2) is 24.3 Å². The molecule has 6 N–H and O–H groups in total. The minimum atomic E-state index is -4.37. The number of carbonyl (C=O) groups excluding carboxylic acids is 1. The highest BCUT2D eigenvalue weighted by Crippen LogP contribution is 2.43. The van der Waals surface area contributed by atoms with Crippen LogP contribution in [0.25, 0.3) is 0 Å². The molecule has 0 spiro atoms. The molecule has 52 heavy (non-hydrogen) atoms. The van der Waals surface area contributed by atoms with E-state index in [4.69, 9.17) is 14.8 Å². The number of aliphatic hydroxyl groups is 2. The fraction of sp³-hybridized carbons (Fsp3) is 0.881. The Morgan fingerprint density at radius 1 is 0.673 bits per heavy atom. The molecule has 308 valence electrons. The van der Waals surface area contributed by atoms with E-state index in [2.05, 4.69) is 43.5 Å². The van der Waals surface area contributed by atoms with Gasteiger partial charge in [0, 0.05) is 6.54 Å². The third kappa shape index (κ3) is 35.9. The highest BCUT2D eigenvalue weighted by molar-refractivity contribution is 7.47. The lowest BCUT2D eigenvalue weighted by atomic mass is 10.0. The minimum Gasteiger partial charge on any atom is -0.393 e. The normalized spacial score (nSPS) is 15.0. The number of rotatable bonds is 40. The van der Waals surface area contributed by atoms with Crippen molar-refractivity contribution in [3.63, 3.8) is 0 Å². The Balaban J connectivity index is 4.18. The standard InChI is InChI=1S/C42H83N2O7P/c1-3-5-7-9-11-13-15-16-17-18-19-20-21-22-24-25-27-29-31-33-39(45)37-42(47)44-40(38-51-52(48,49)50-36-35-43)41(46)34-32-30-28-26-23-14-12-10-8-6-4-2/h5,7,11,13,39-41,45-46H,3-4,6,8-10,12,14-38,43H2,1-2H3,(H,44,47)(H,48,49)/b7-5-,13-11-. The molecule has 0 heterocycles. The Morgan fingerprint density at radius 3 is 1.67 bits per heavy atom. The molecule has 0 saturated heterocycles. The molecule has 0 aromatic carbocycles. The number of hydrogen-bond donors (Lipinski definition) is 5. The molecule has 4 atom stereocenters. The van der Waals surface area contributed by atoms with Gasteiger partial charge in [0.05, 0.1) is 37.9 Å². The van der Waals surface area contributed by atoms with Crippen LogP contribution >= 0.6 is 7.82 Å². The smallest absolute Gasteiger partial charge is 0.393 e. The first-order valence-corrected chi connectivity index (χ1v) is 23.0. The van der Waals surface area contributed by atoms with E-state index in [9.17, 15) is 24.5 Å². The van der Waals surface area contributed by atoms with Gasteiger partial charge in [-0.25, -0.2) is 4.57 Å². The zero-order valence-electron chi connectivity index (χ0n) is 33.7. The first-order chi connectivity index (χ1) is 25.3. The van der Waals surface area contributed by atoms with Crippen LogP contribution < -0.4 is 11.1 Å². The number of phosphoric ester groups is 1. The first-order valence-electron chi connectivity index (χ1n) is 21.5. The number of carbonyl (C=O) groups is 1. The highest BCUT2D eigenvalue weighted by atomic mass is 31.2. The van der Waals surface area contributed by atoms with Gasteiger partial charge in [0.25, 0.3) is 0 Å². The molecule has 4 unspecified atom stereocenters. The topological polar surface area (TPSA) is 151 Å². The summed E-state index contributed by atoms with van der Waals surface area (Å²) in [6.45, 7) is 3.93. The van der Waals surface area contributed by atoms with E-state index in [1.165, 1.54) is 116 Å². The molecule has 0 aliphatic rings. The van der Waals surface area contributed by atoms with Crippen molar-refractivity contribution < 1.29 is 33.5 Å². The van der Waals surface area contributed by atoms with Crippen LogP contribution in [0.5, 0.6) is 0 Å². The molecule has 0 aromatic heterocycles. The summed E-state index contributed by atoms with van der Waals surface area (Å²) in [6, 6.07) is -0.893. The number of unbranched alkanes of at least 4 members (excludes halogenated alkanes) is 22. The Hall–Kier alpha value is -1.06. The zero-order chi connectivity index (χ0) is 38.4. The summed E-state index contributed by atoms with van der Waals surface area (Å²) in [7, 11) is -4.37. The van der Waals surface area contributed by atoms with Crippen LogP contribution in [0.4, 0.5) is 0 Å². The van der Waals surface area contributed by atoms with Gasteiger partial charge in [0.15, 0.2) is 0 Å². The van der Waals surface area contributed by atoms with Crippen molar-refractivity contribution in [2.24, 2.45) is 5.73 Å². The number of allylic oxidation sites excluding steroid dienone is 4. The second kappa shape index (κ2) is 38.2. The average molecular weight is 759 g/mol. The SMILES string of the molecule is CC/C=C\C/C=C\CCCCCCCCCCCCCCC(O)CC(=O)NC(COP(=O)(O)OCCN)C(O)CCCCCCCCCCCCC. The summed E-state index contributed by atoms with van der Waals surface area (Å²) in [5.74, 6) is -0.415. The Morgan fingerprint density at radius 2 is 1.15 bits per heavy atom. The molecule has 0 fully saturated rings. The zero-order valence-corrected chi connectivity index (χ0v) is 34.6. The number of nitrogens with one attached hydrogen (secondary N) is 1.